The number of nitrogens with one attached hydrogen (secondary N) is 1. The molecule has 1 aromatic carbocycles. The fraction of sp³-hybridized carbons (Fsp3) is 0.333. The van der Waals surface area contributed by atoms with Gasteiger partial charge < -0.3 is 25.2 Å². The Morgan fingerprint density at radius 1 is 1.12 bits per heavy atom. The number of aliphatic carboxylic acids is 1. The molecule has 2 aliphatic rings. The van der Waals surface area contributed by atoms with Crippen LogP contribution in [0.1, 0.15) is 24.8 Å². The van der Waals surface area contributed by atoms with Crippen molar-refractivity contribution in [3.8, 4) is 11.3 Å². The first-order chi connectivity index (χ1) is 15.9. The SMILES string of the molecule is O=C(O)CNC(=O)C1=C(O)CC2(CCOCC2)N(Cc2ccc(-c3ccccn3)cc2)C1=O. The highest BCUT2D eigenvalue weighted by molar-refractivity contribution is 6.19. The third-order valence-corrected chi connectivity index (χ3v) is 6.12. The van der Waals surface area contributed by atoms with Gasteiger partial charge >= 0.3 is 5.97 Å². The molecule has 1 aromatic heterocycles. The summed E-state index contributed by atoms with van der Waals surface area (Å²) in [4.78, 5) is 42.7. The third kappa shape index (κ3) is 4.73. The summed E-state index contributed by atoms with van der Waals surface area (Å²) in [5.41, 5.74) is 1.56. The summed E-state index contributed by atoms with van der Waals surface area (Å²) in [6.45, 7) is 0.480. The molecule has 4 rings (SSSR count). The molecule has 172 valence electrons. The molecule has 9 nitrogen and oxygen atoms in total. The van der Waals surface area contributed by atoms with Gasteiger partial charge in [-0.05, 0) is 30.5 Å². The maximum absolute atomic E-state index is 13.4. The van der Waals surface area contributed by atoms with Crippen molar-refractivity contribution in [2.45, 2.75) is 31.3 Å². The minimum absolute atomic E-state index is 0.115. The minimum atomic E-state index is -1.24. The number of carboxylic acid groups (broad SMARTS) is 1. The molecule has 1 spiro atoms. The second kappa shape index (κ2) is 9.41. The number of carboxylic acids is 1. The fourth-order valence-electron chi connectivity index (χ4n) is 4.38. The summed E-state index contributed by atoms with van der Waals surface area (Å²) < 4.78 is 5.48. The van der Waals surface area contributed by atoms with Gasteiger partial charge in [0.05, 0.1) is 11.2 Å². The van der Waals surface area contributed by atoms with Gasteiger partial charge in [0.1, 0.15) is 17.9 Å². The maximum atomic E-state index is 13.4. The van der Waals surface area contributed by atoms with E-state index in [4.69, 9.17) is 9.84 Å². The highest BCUT2D eigenvalue weighted by Gasteiger charge is 2.48. The van der Waals surface area contributed by atoms with Crippen LogP contribution in [0.3, 0.4) is 0 Å². The summed E-state index contributed by atoms with van der Waals surface area (Å²) in [5, 5.41) is 21.6. The van der Waals surface area contributed by atoms with Crippen LogP contribution in [0, 0.1) is 0 Å². The fourth-order valence-corrected chi connectivity index (χ4v) is 4.38. The van der Waals surface area contributed by atoms with Crippen molar-refractivity contribution in [3.05, 3.63) is 65.6 Å². The van der Waals surface area contributed by atoms with Crippen molar-refractivity contribution in [2.75, 3.05) is 19.8 Å². The van der Waals surface area contributed by atoms with Crippen LogP contribution >= 0.6 is 0 Å². The largest absolute Gasteiger partial charge is 0.511 e. The van der Waals surface area contributed by atoms with Crippen LogP contribution in [-0.4, -0.2) is 63.2 Å². The lowest BCUT2D eigenvalue weighted by Crippen LogP contribution is -2.58. The molecule has 3 N–H and O–H groups in total. The molecule has 33 heavy (non-hydrogen) atoms. The number of benzene rings is 1. The van der Waals surface area contributed by atoms with E-state index in [0.29, 0.717) is 26.1 Å². The van der Waals surface area contributed by atoms with Crippen molar-refractivity contribution >= 4 is 17.8 Å². The van der Waals surface area contributed by atoms with Gasteiger partial charge in [-0.1, -0.05) is 30.3 Å². The number of amides is 2. The van der Waals surface area contributed by atoms with Gasteiger partial charge in [0.2, 0.25) is 0 Å². The molecule has 0 unspecified atom stereocenters. The summed E-state index contributed by atoms with van der Waals surface area (Å²) in [6, 6.07) is 13.3. The summed E-state index contributed by atoms with van der Waals surface area (Å²) in [5.74, 6) is -3.06. The number of hydrogen-bond donors (Lipinski definition) is 3. The van der Waals surface area contributed by atoms with Gasteiger partial charge in [-0.25, -0.2) is 0 Å². The summed E-state index contributed by atoms with van der Waals surface area (Å²) in [7, 11) is 0. The standard InChI is InChI=1S/C24H25N3O6/c28-19-13-24(8-11-33-12-9-24)27(23(32)21(19)22(31)26-14-20(29)30)15-16-4-6-17(7-5-16)18-3-1-2-10-25-18/h1-7,10,28H,8-9,11-15H2,(H,26,31)(H,29,30). The number of aliphatic hydroxyl groups excluding tert-OH is 1. The van der Waals surface area contributed by atoms with E-state index in [-0.39, 0.29) is 18.7 Å². The highest BCUT2D eigenvalue weighted by atomic mass is 16.5. The van der Waals surface area contributed by atoms with Gasteiger partial charge in [-0.2, -0.15) is 0 Å². The normalized spacial score (nSPS) is 17.8. The maximum Gasteiger partial charge on any atom is 0.322 e. The summed E-state index contributed by atoms with van der Waals surface area (Å²) >= 11 is 0. The van der Waals surface area contributed by atoms with E-state index in [1.165, 1.54) is 0 Å². The molecule has 0 aliphatic carbocycles. The smallest absolute Gasteiger partial charge is 0.322 e. The second-order valence-corrected chi connectivity index (χ2v) is 8.21. The molecule has 0 bridgehead atoms. The summed E-state index contributed by atoms with van der Waals surface area (Å²) in [6.07, 6.45) is 2.89. The number of aromatic nitrogens is 1. The van der Waals surface area contributed by atoms with Crippen molar-refractivity contribution in [1.29, 1.82) is 0 Å². The molecule has 1 fully saturated rings. The quantitative estimate of drug-likeness (QED) is 0.573. The first-order valence-electron chi connectivity index (χ1n) is 10.7. The van der Waals surface area contributed by atoms with E-state index in [1.807, 2.05) is 42.5 Å². The molecule has 3 heterocycles. The van der Waals surface area contributed by atoms with Crippen LogP contribution in [0.25, 0.3) is 11.3 Å². The number of carbonyl (C=O) groups is 3. The van der Waals surface area contributed by atoms with Crippen LogP contribution in [0.15, 0.2) is 60.0 Å². The molecule has 0 saturated carbocycles. The minimum Gasteiger partial charge on any atom is -0.511 e. The molecule has 2 aromatic rings. The Labute approximate surface area is 190 Å². The molecule has 2 amide bonds. The Morgan fingerprint density at radius 2 is 1.85 bits per heavy atom. The number of aliphatic hydroxyl groups is 1. The van der Waals surface area contributed by atoms with E-state index in [0.717, 1.165) is 16.8 Å². The monoisotopic (exact) mass is 451 g/mol. The Hall–Kier alpha value is -3.72. The number of ether oxygens (including phenoxy) is 1. The Kier molecular flexibility index (Phi) is 6.41. The third-order valence-electron chi connectivity index (χ3n) is 6.12. The Balaban J connectivity index is 1.61. The van der Waals surface area contributed by atoms with Crippen molar-refractivity contribution < 1.29 is 29.3 Å². The van der Waals surface area contributed by atoms with Crippen LogP contribution in [0.2, 0.25) is 0 Å². The van der Waals surface area contributed by atoms with Gasteiger partial charge in [0.25, 0.3) is 11.8 Å². The van der Waals surface area contributed by atoms with Crippen LogP contribution < -0.4 is 5.32 Å². The van der Waals surface area contributed by atoms with Gasteiger partial charge in [-0.3, -0.25) is 19.4 Å². The van der Waals surface area contributed by atoms with E-state index >= 15 is 0 Å². The first-order valence-corrected chi connectivity index (χ1v) is 10.7. The van der Waals surface area contributed by atoms with E-state index < -0.39 is 35.4 Å². The van der Waals surface area contributed by atoms with Gasteiger partial charge in [0, 0.05) is 37.9 Å². The zero-order valence-corrected chi connectivity index (χ0v) is 18.0. The van der Waals surface area contributed by atoms with Crippen LogP contribution in [0.5, 0.6) is 0 Å². The Bertz CT molecular complexity index is 1080. The highest BCUT2D eigenvalue weighted by Crippen LogP contribution is 2.40. The van der Waals surface area contributed by atoms with Crippen molar-refractivity contribution in [3.63, 3.8) is 0 Å². The lowest BCUT2D eigenvalue weighted by Gasteiger charge is -2.49. The molecule has 2 aliphatic heterocycles. The van der Waals surface area contributed by atoms with E-state index in [1.54, 1.807) is 11.1 Å². The van der Waals surface area contributed by atoms with Crippen LogP contribution in [0.4, 0.5) is 0 Å². The van der Waals surface area contributed by atoms with Crippen LogP contribution in [-0.2, 0) is 25.7 Å². The zero-order chi connectivity index (χ0) is 23.4. The average molecular weight is 451 g/mol. The number of nitrogens with zero attached hydrogens (tertiary/aromatic N) is 2. The molecule has 0 radical (unpaired) electrons. The number of carbonyl (C=O) groups excluding carboxylic acids is 2. The second-order valence-electron chi connectivity index (χ2n) is 8.21. The number of pyridine rings is 1. The van der Waals surface area contributed by atoms with Gasteiger partial charge in [-0.15, -0.1) is 0 Å². The first kappa shape index (κ1) is 22.5. The Morgan fingerprint density at radius 3 is 2.48 bits per heavy atom. The number of rotatable bonds is 6. The molecule has 1 saturated heterocycles. The molecule has 0 atom stereocenters. The predicted molar refractivity (Wildman–Crippen MR) is 118 cm³/mol. The molecular formula is C24H25N3O6. The van der Waals surface area contributed by atoms with Gasteiger partial charge in [0.15, 0.2) is 0 Å². The lowest BCUT2D eigenvalue weighted by atomic mass is 9.79. The van der Waals surface area contributed by atoms with E-state index in [9.17, 15) is 19.5 Å². The van der Waals surface area contributed by atoms with Crippen molar-refractivity contribution in [1.82, 2.24) is 15.2 Å². The number of hydrogen-bond acceptors (Lipinski definition) is 6. The predicted octanol–water partition coefficient (Wildman–Crippen LogP) is 2.04. The molecular weight excluding hydrogens is 426 g/mol. The lowest BCUT2D eigenvalue weighted by molar-refractivity contribution is -0.145. The topological polar surface area (TPSA) is 129 Å². The van der Waals surface area contributed by atoms with E-state index in [2.05, 4.69) is 10.3 Å². The van der Waals surface area contributed by atoms with Crippen molar-refractivity contribution in [2.24, 2.45) is 0 Å². The average Bonchev–Trinajstić information content (AvgIpc) is 2.82. The molecule has 9 heteroatoms. The zero-order valence-electron chi connectivity index (χ0n) is 18.0.